The Labute approximate surface area is 70.2 Å². The van der Waals surface area contributed by atoms with Gasteiger partial charge in [-0.2, -0.15) is 5.26 Å². The van der Waals surface area contributed by atoms with Crippen LogP contribution in [0.4, 0.5) is 0 Å². The van der Waals surface area contributed by atoms with Crippen molar-refractivity contribution in [2.45, 2.75) is 6.54 Å². The zero-order valence-electron chi connectivity index (χ0n) is 5.84. The fourth-order valence-electron chi connectivity index (χ4n) is 0.840. The van der Waals surface area contributed by atoms with E-state index >= 15 is 0 Å². The topological polar surface area (TPSA) is 49.8 Å². The third kappa shape index (κ3) is 1.70. The molecule has 0 aliphatic rings. The molecule has 2 N–H and O–H groups in total. The van der Waals surface area contributed by atoms with Gasteiger partial charge in [0, 0.05) is 11.6 Å². The van der Waals surface area contributed by atoms with Gasteiger partial charge < -0.3 is 5.73 Å². The molecule has 0 fully saturated rings. The number of nitriles is 1. The molecule has 1 aromatic carbocycles. The molecule has 0 radical (unpaired) electrons. The summed E-state index contributed by atoms with van der Waals surface area (Å²) in [6, 6.07) is 7.09. The summed E-state index contributed by atoms with van der Waals surface area (Å²) < 4.78 is 0. The number of nitrogens with zero attached hydrogens (tertiary/aromatic N) is 1. The van der Waals surface area contributed by atoms with Crippen LogP contribution < -0.4 is 5.73 Å². The quantitative estimate of drug-likeness (QED) is 0.690. The molecule has 0 aliphatic heterocycles. The van der Waals surface area contributed by atoms with Crippen LogP contribution in [-0.2, 0) is 6.54 Å². The zero-order valence-corrected chi connectivity index (χ0v) is 6.60. The van der Waals surface area contributed by atoms with E-state index in [0.29, 0.717) is 17.1 Å². The van der Waals surface area contributed by atoms with Crippen LogP contribution in [0.25, 0.3) is 0 Å². The molecule has 0 aliphatic carbocycles. The summed E-state index contributed by atoms with van der Waals surface area (Å²) in [5.41, 5.74) is 6.77. The summed E-state index contributed by atoms with van der Waals surface area (Å²) in [4.78, 5) is 0. The molecule has 11 heavy (non-hydrogen) atoms. The number of hydrogen-bond donors (Lipinski definition) is 1. The second-order valence-electron chi connectivity index (χ2n) is 2.12. The fraction of sp³-hybridized carbons (Fsp3) is 0.125. The minimum Gasteiger partial charge on any atom is -0.326 e. The van der Waals surface area contributed by atoms with Gasteiger partial charge in [0.25, 0.3) is 0 Å². The lowest BCUT2D eigenvalue weighted by atomic mass is 10.1. The van der Waals surface area contributed by atoms with Crippen molar-refractivity contribution in [2.24, 2.45) is 5.73 Å². The van der Waals surface area contributed by atoms with E-state index in [0.717, 1.165) is 5.56 Å². The van der Waals surface area contributed by atoms with Crippen molar-refractivity contribution in [3.63, 3.8) is 0 Å². The Hall–Kier alpha value is -1.04. The van der Waals surface area contributed by atoms with E-state index in [1.54, 1.807) is 18.2 Å². The predicted octanol–water partition coefficient (Wildman–Crippen LogP) is 1.67. The molecule has 0 unspecified atom stereocenters. The largest absolute Gasteiger partial charge is 0.326 e. The molecule has 1 aromatic rings. The maximum absolute atomic E-state index is 8.59. The summed E-state index contributed by atoms with van der Waals surface area (Å²) >= 11 is 5.69. The molecule has 0 bridgehead atoms. The highest BCUT2D eigenvalue weighted by molar-refractivity contribution is 6.30. The number of rotatable bonds is 1. The van der Waals surface area contributed by atoms with Crippen LogP contribution in [0.1, 0.15) is 11.1 Å². The molecule has 0 heterocycles. The SMILES string of the molecule is N#Cc1ccc(Cl)cc1CN. The average molecular weight is 167 g/mol. The van der Waals surface area contributed by atoms with Gasteiger partial charge in [0.05, 0.1) is 11.6 Å². The minimum atomic E-state index is 0.351. The summed E-state index contributed by atoms with van der Waals surface area (Å²) in [7, 11) is 0. The van der Waals surface area contributed by atoms with Crippen LogP contribution in [0.15, 0.2) is 18.2 Å². The first-order chi connectivity index (χ1) is 5.27. The van der Waals surface area contributed by atoms with Gasteiger partial charge in [-0.15, -0.1) is 0 Å². The molecular formula is C8H7ClN2. The molecule has 1 rings (SSSR count). The van der Waals surface area contributed by atoms with E-state index in [2.05, 4.69) is 0 Å². The molecule has 56 valence electrons. The normalized spacial score (nSPS) is 9.18. The molecule has 0 aromatic heterocycles. The molecule has 2 nitrogen and oxygen atoms in total. The van der Waals surface area contributed by atoms with Crippen molar-refractivity contribution in [2.75, 3.05) is 0 Å². The Kier molecular flexibility index (Phi) is 2.48. The molecular weight excluding hydrogens is 160 g/mol. The van der Waals surface area contributed by atoms with Crippen LogP contribution in [-0.4, -0.2) is 0 Å². The van der Waals surface area contributed by atoms with Gasteiger partial charge in [-0.05, 0) is 23.8 Å². The number of halogens is 1. The van der Waals surface area contributed by atoms with Crippen molar-refractivity contribution >= 4 is 11.6 Å². The molecule has 3 heteroatoms. The second kappa shape index (κ2) is 3.38. The van der Waals surface area contributed by atoms with E-state index in [1.807, 2.05) is 6.07 Å². The van der Waals surface area contributed by atoms with Gasteiger partial charge in [-0.25, -0.2) is 0 Å². The maximum Gasteiger partial charge on any atom is 0.0995 e. The van der Waals surface area contributed by atoms with Crippen LogP contribution in [0.5, 0.6) is 0 Å². The highest BCUT2D eigenvalue weighted by Crippen LogP contribution is 2.14. The molecule has 0 atom stereocenters. The molecule has 0 saturated carbocycles. The average Bonchev–Trinajstić information content (AvgIpc) is 2.04. The lowest BCUT2D eigenvalue weighted by molar-refractivity contribution is 1.06. The van der Waals surface area contributed by atoms with Crippen LogP contribution >= 0.6 is 11.6 Å². The van der Waals surface area contributed by atoms with Gasteiger partial charge in [0.1, 0.15) is 0 Å². The van der Waals surface area contributed by atoms with Gasteiger partial charge in [-0.1, -0.05) is 11.6 Å². The third-order valence-corrected chi connectivity index (χ3v) is 1.64. The van der Waals surface area contributed by atoms with Gasteiger partial charge in [0.15, 0.2) is 0 Å². The summed E-state index contributed by atoms with van der Waals surface area (Å²) in [6.45, 7) is 0.351. The van der Waals surface area contributed by atoms with E-state index in [9.17, 15) is 0 Å². The number of hydrogen-bond acceptors (Lipinski definition) is 2. The van der Waals surface area contributed by atoms with Crippen molar-refractivity contribution in [1.29, 1.82) is 5.26 Å². The number of benzene rings is 1. The van der Waals surface area contributed by atoms with Crippen LogP contribution in [0, 0.1) is 11.3 Å². The minimum absolute atomic E-state index is 0.351. The molecule has 0 amide bonds. The smallest absolute Gasteiger partial charge is 0.0995 e. The fourth-order valence-corrected chi connectivity index (χ4v) is 1.03. The van der Waals surface area contributed by atoms with Gasteiger partial charge >= 0.3 is 0 Å². The Morgan fingerprint density at radius 3 is 2.82 bits per heavy atom. The van der Waals surface area contributed by atoms with Crippen molar-refractivity contribution in [1.82, 2.24) is 0 Å². The first-order valence-electron chi connectivity index (χ1n) is 3.16. The maximum atomic E-state index is 8.59. The number of nitrogens with two attached hydrogens (primary N) is 1. The third-order valence-electron chi connectivity index (χ3n) is 1.41. The second-order valence-corrected chi connectivity index (χ2v) is 2.55. The van der Waals surface area contributed by atoms with Crippen molar-refractivity contribution < 1.29 is 0 Å². The Morgan fingerprint density at radius 1 is 1.55 bits per heavy atom. The Balaban J connectivity index is 3.19. The highest BCUT2D eigenvalue weighted by Gasteiger charge is 1.99. The van der Waals surface area contributed by atoms with Gasteiger partial charge in [-0.3, -0.25) is 0 Å². The lowest BCUT2D eigenvalue weighted by Crippen LogP contribution is -1.98. The monoisotopic (exact) mass is 166 g/mol. The highest BCUT2D eigenvalue weighted by atomic mass is 35.5. The molecule has 0 saturated heterocycles. The summed E-state index contributed by atoms with van der Waals surface area (Å²) in [5, 5.41) is 9.21. The van der Waals surface area contributed by atoms with Crippen molar-refractivity contribution in [3.8, 4) is 6.07 Å². The zero-order chi connectivity index (χ0) is 8.27. The predicted molar refractivity (Wildman–Crippen MR) is 44.1 cm³/mol. The van der Waals surface area contributed by atoms with Crippen LogP contribution in [0.3, 0.4) is 0 Å². The standard InChI is InChI=1S/C8H7ClN2/c9-8-2-1-6(4-10)7(3-8)5-11/h1-3H,5,11H2. The summed E-state index contributed by atoms with van der Waals surface area (Å²) in [5.74, 6) is 0. The Bertz CT molecular complexity index is 301. The van der Waals surface area contributed by atoms with E-state index in [1.165, 1.54) is 0 Å². The van der Waals surface area contributed by atoms with Crippen LogP contribution in [0.2, 0.25) is 5.02 Å². The lowest BCUT2D eigenvalue weighted by Gasteiger charge is -1.99. The molecule has 0 spiro atoms. The van der Waals surface area contributed by atoms with Crippen molar-refractivity contribution in [3.05, 3.63) is 34.3 Å². The Morgan fingerprint density at radius 2 is 2.27 bits per heavy atom. The van der Waals surface area contributed by atoms with E-state index in [4.69, 9.17) is 22.6 Å². The summed E-state index contributed by atoms with van der Waals surface area (Å²) in [6.07, 6.45) is 0. The van der Waals surface area contributed by atoms with E-state index < -0.39 is 0 Å². The van der Waals surface area contributed by atoms with E-state index in [-0.39, 0.29) is 0 Å². The van der Waals surface area contributed by atoms with Gasteiger partial charge in [0.2, 0.25) is 0 Å². The first kappa shape index (κ1) is 8.06. The first-order valence-corrected chi connectivity index (χ1v) is 3.54.